The molecular formula is C38H40O3Si. The van der Waals surface area contributed by atoms with E-state index in [-0.39, 0.29) is 11.0 Å². The van der Waals surface area contributed by atoms with E-state index < -0.39 is 14.4 Å². The van der Waals surface area contributed by atoms with Gasteiger partial charge in [-0.2, -0.15) is 0 Å². The monoisotopic (exact) mass is 572 g/mol. The van der Waals surface area contributed by atoms with E-state index in [1.807, 2.05) is 49.4 Å². The predicted octanol–water partition coefficient (Wildman–Crippen LogP) is 7.37. The van der Waals surface area contributed by atoms with Crippen LogP contribution in [0.3, 0.4) is 0 Å². The highest BCUT2D eigenvalue weighted by molar-refractivity contribution is 6.99. The van der Waals surface area contributed by atoms with Gasteiger partial charge in [0, 0.05) is 0 Å². The Bertz CT molecular complexity index is 1460. The molecule has 0 aliphatic carbocycles. The highest BCUT2D eigenvalue weighted by atomic mass is 28.4. The highest BCUT2D eigenvalue weighted by Gasteiger charge is 2.49. The van der Waals surface area contributed by atoms with Crippen LogP contribution in [0.25, 0.3) is 0 Å². The van der Waals surface area contributed by atoms with Gasteiger partial charge in [-0.05, 0) is 64.5 Å². The lowest BCUT2D eigenvalue weighted by Crippen LogP contribution is -2.66. The number of benzene rings is 4. The third kappa shape index (κ3) is 7.97. The average molecular weight is 573 g/mol. The van der Waals surface area contributed by atoms with Gasteiger partial charge in [-0.3, -0.25) is 0 Å². The summed E-state index contributed by atoms with van der Waals surface area (Å²) in [6, 6.07) is 40.5. The van der Waals surface area contributed by atoms with Crippen LogP contribution < -0.4 is 10.4 Å². The Kier molecular flexibility index (Phi) is 10.7. The Hall–Kier alpha value is -4.17. The molecule has 0 heterocycles. The van der Waals surface area contributed by atoms with Gasteiger partial charge in [-0.15, -0.1) is 0 Å². The Labute approximate surface area is 252 Å². The third-order valence-electron chi connectivity index (χ3n) is 7.33. The Morgan fingerprint density at radius 2 is 1.29 bits per heavy atom. The number of hydrogen-bond acceptors (Lipinski definition) is 3. The minimum atomic E-state index is -2.63. The first-order chi connectivity index (χ1) is 20.3. The van der Waals surface area contributed by atoms with Gasteiger partial charge < -0.3 is 9.16 Å². The molecule has 4 rings (SSSR count). The van der Waals surface area contributed by atoms with Crippen LogP contribution in [0, 0.1) is 11.8 Å². The molecule has 0 aliphatic heterocycles. The summed E-state index contributed by atoms with van der Waals surface area (Å²) in [6.45, 7) is 9.23. The molecular weight excluding hydrogens is 533 g/mol. The molecule has 0 aliphatic rings. The van der Waals surface area contributed by atoms with Gasteiger partial charge in [-0.1, -0.05) is 142 Å². The molecule has 3 nitrogen and oxygen atoms in total. The number of allylic oxidation sites excluding steroid dienone is 1. The van der Waals surface area contributed by atoms with E-state index in [0.29, 0.717) is 18.6 Å². The summed E-state index contributed by atoms with van der Waals surface area (Å²) >= 11 is 0. The maximum Gasteiger partial charge on any atom is 0.339 e. The molecule has 1 atom stereocenters. The fourth-order valence-electron chi connectivity index (χ4n) is 5.17. The minimum Gasteiger partial charge on any atom is -0.446 e. The van der Waals surface area contributed by atoms with Gasteiger partial charge in [0.15, 0.2) is 6.10 Å². The molecule has 0 spiro atoms. The van der Waals surface area contributed by atoms with E-state index in [1.54, 1.807) is 12.1 Å². The summed E-state index contributed by atoms with van der Waals surface area (Å²) in [5.41, 5.74) is 2.59. The normalized spacial score (nSPS) is 12.6. The van der Waals surface area contributed by atoms with E-state index in [9.17, 15) is 4.79 Å². The van der Waals surface area contributed by atoms with Crippen LogP contribution in [-0.4, -0.2) is 27.0 Å². The van der Waals surface area contributed by atoms with Gasteiger partial charge in [-0.25, -0.2) is 4.79 Å². The molecule has 4 heteroatoms. The number of carbonyl (C=O) groups is 1. The van der Waals surface area contributed by atoms with E-state index in [0.717, 1.165) is 12.0 Å². The Balaban J connectivity index is 1.55. The first-order valence-corrected chi connectivity index (χ1v) is 16.4. The molecule has 0 saturated carbocycles. The fraction of sp³-hybridized carbons (Fsp3) is 0.237. The molecule has 0 bridgehead atoms. The Morgan fingerprint density at radius 3 is 1.81 bits per heavy atom. The van der Waals surface area contributed by atoms with Crippen LogP contribution >= 0.6 is 0 Å². The molecule has 1 unspecified atom stereocenters. The number of ether oxygens (including phenoxy) is 1. The van der Waals surface area contributed by atoms with Crippen molar-refractivity contribution >= 4 is 24.7 Å². The summed E-state index contributed by atoms with van der Waals surface area (Å²) in [4.78, 5) is 12.8. The van der Waals surface area contributed by atoms with Crippen molar-refractivity contribution in [3.8, 4) is 11.8 Å². The number of esters is 1. The molecule has 0 N–H and O–H groups in total. The third-order valence-corrected chi connectivity index (χ3v) is 12.3. The van der Waals surface area contributed by atoms with Gasteiger partial charge in [0.05, 0.1) is 12.2 Å². The Morgan fingerprint density at radius 1 is 0.786 bits per heavy atom. The number of rotatable bonds is 10. The van der Waals surface area contributed by atoms with Gasteiger partial charge in [0.2, 0.25) is 0 Å². The highest BCUT2D eigenvalue weighted by Crippen LogP contribution is 2.36. The fourth-order valence-corrected chi connectivity index (χ4v) is 9.66. The van der Waals surface area contributed by atoms with Crippen molar-refractivity contribution in [2.45, 2.75) is 51.7 Å². The number of aryl methyl sites for hydroxylation is 1. The molecule has 0 fully saturated rings. The zero-order chi connectivity index (χ0) is 29.8. The molecule has 0 saturated heterocycles. The lowest BCUT2D eigenvalue weighted by Gasteiger charge is -2.42. The summed E-state index contributed by atoms with van der Waals surface area (Å²) in [6.07, 6.45) is 2.89. The zero-order valence-electron chi connectivity index (χ0n) is 25.0. The molecule has 42 heavy (non-hydrogen) atoms. The van der Waals surface area contributed by atoms with Crippen LogP contribution in [0.4, 0.5) is 0 Å². The average Bonchev–Trinajstić information content (AvgIpc) is 3.01. The molecule has 0 aromatic heterocycles. The van der Waals surface area contributed by atoms with Gasteiger partial charge in [0.1, 0.15) is 0 Å². The second-order valence-electron chi connectivity index (χ2n) is 11.4. The second kappa shape index (κ2) is 14.6. The molecule has 0 radical (unpaired) electrons. The van der Waals surface area contributed by atoms with Gasteiger partial charge in [0.25, 0.3) is 8.32 Å². The summed E-state index contributed by atoms with van der Waals surface area (Å²) in [5.74, 6) is 6.11. The van der Waals surface area contributed by atoms with Crippen LogP contribution in [0.1, 0.15) is 50.0 Å². The maximum atomic E-state index is 12.8. The van der Waals surface area contributed by atoms with Crippen LogP contribution in [0.5, 0.6) is 0 Å². The quantitative estimate of drug-likeness (QED) is 0.113. The summed E-state index contributed by atoms with van der Waals surface area (Å²) in [5, 5.41) is 2.39. The van der Waals surface area contributed by atoms with Crippen molar-refractivity contribution in [2.24, 2.45) is 0 Å². The summed E-state index contributed by atoms with van der Waals surface area (Å²) < 4.78 is 12.8. The first kappa shape index (κ1) is 30.8. The largest absolute Gasteiger partial charge is 0.446 e. The van der Waals surface area contributed by atoms with E-state index in [2.05, 4.69) is 105 Å². The maximum absolute atomic E-state index is 12.8. The van der Waals surface area contributed by atoms with E-state index in [4.69, 9.17) is 9.16 Å². The predicted molar refractivity (Wildman–Crippen MR) is 176 cm³/mol. The van der Waals surface area contributed by atoms with Crippen molar-refractivity contribution in [3.63, 3.8) is 0 Å². The minimum absolute atomic E-state index is 0.0999. The van der Waals surface area contributed by atoms with Crippen molar-refractivity contribution in [2.75, 3.05) is 6.61 Å². The van der Waals surface area contributed by atoms with Crippen LogP contribution in [0.2, 0.25) is 5.04 Å². The topological polar surface area (TPSA) is 35.5 Å². The lowest BCUT2D eigenvalue weighted by molar-refractivity contribution is 0.0397. The number of carbonyl (C=O) groups excluding carboxylic acids is 1. The standard InChI is InChI=1S/C38H40O3Si/c1-31(25-27-34(28-26-32-17-9-5-10-18-32)41-37(39)33-19-11-6-12-20-33)29-30-40-42(38(2,3)4,35-21-13-7-14-22-35)36-23-15-8-16-24-36/h5-24,29,34H,26,28,30H2,1-4H3/b31-29+. The zero-order valence-corrected chi connectivity index (χ0v) is 26.0. The van der Waals surface area contributed by atoms with Crippen LogP contribution in [-0.2, 0) is 15.6 Å². The van der Waals surface area contributed by atoms with E-state index in [1.165, 1.54) is 15.9 Å². The molecule has 4 aromatic carbocycles. The van der Waals surface area contributed by atoms with Crippen LogP contribution in [0.15, 0.2) is 133 Å². The smallest absolute Gasteiger partial charge is 0.339 e. The lowest BCUT2D eigenvalue weighted by atomic mass is 10.1. The summed E-state index contributed by atoms with van der Waals surface area (Å²) in [7, 11) is -2.63. The van der Waals surface area contributed by atoms with Crippen molar-refractivity contribution in [1.29, 1.82) is 0 Å². The van der Waals surface area contributed by atoms with Crippen molar-refractivity contribution in [3.05, 3.63) is 144 Å². The second-order valence-corrected chi connectivity index (χ2v) is 15.7. The van der Waals surface area contributed by atoms with Gasteiger partial charge >= 0.3 is 5.97 Å². The number of hydrogen-bond donors (Lipinski definition) is 0. The SMILES string of the molecule is C/C(C#CC(CCc1ccccc1)OC(=O)c1ccccc1)=C\CO[Si](c1ccccc1)(c1ccccc1)C(C)(C)C. The molecule has 0 amide bonds. The molecule has 4 aromatic rings. The van der Waals surface area contributed by atoms with Crippen molar-refractivity contribution in [1.82, 2.24) is 0 Å². The van der Waals surface area contributed by atoms with E-state index >= 15 is 0 Å². The molecule has 214 valence electrons. The van der Waals surface area contributed by atoms with Crippen molar-refractivity contribution < 1.29 is 14.0 Å². The first-order valence-electron chi connectivity index (χ1n) is 14.5.